The van der Waals surface area contributed by atoms with E-state index in [1.54, 1.807) is 31.4 Å². The Bertz CT molecular complexity index is 966. The fourth-order valence-corrected chi connectivity index (χ4v) is 4.55. The monoisotopic (exact) mass is 417 g/mol. The fourth-order valence-electron chi connectivity index (χ4n) is 3.03. The van der Waals surface area contributed by atoms with Gasteiger partial charge in [0.2, 0.25) is 10.0 Å². The average Bonchev–Trinajstić information content (AvgIpc) is 3.28. The molecule has 2 amide bonds. The Kier molecular flexibility index (Phi) is 6.63. The smallest absolute Gasteiger partial charge is 0.269 e. The maximum Gasteiger partial charge on any atom is 0.269 e. The first kappa shape index (κ1) is 21.0. The molecule has 8 nitrogen and oxygen atoms in total. The highest BCUT2D eigenvalue weighted by molar-refractivity contribution is 7.89. The molecule has 1 aliphatic heterocycles. The highest BCUT2D eigenvalue weighted by Gasteiger charge is 2.27. The lowest BCUT2D eigenvalue weighted by atomic mass is 10.1. The van der Waals surface area contributed by atoms with Crippen LogP contribution in [0.1, 0.15) is 39.1 Å². The number of hydrogen-bond donors (Lipinski definition) is 2. The second kappa shape index (κ2) is 9.17. The summed E-state index contributed by atoms with van der Waals surface area (Å²) < 4.78 is 31.5. The lowest BCUT2D eigenvalue weighted by Gasteiger charge is -2.15. The molecule has 1 heterocycles. The van der Waals surface area contributed by atoms with E-state index in [0.717, 1.165) is 18.4 Å². The molecule has 29 heavy (non-hydrogen) atoms. The van der Waals surface area contributed by atoms with Crippen LogP contribution in [0.4, 0.5) is 0 Å². The zero-order chi connectivity index (χ0) is 20.9. The summed E-state index contributed by atoms with van der Waals surface area (Å²) in [6.45, 7) is 1.48. The van der Waals surface area contributed by atoms with Crippen LogP contribution in [0.2, 0.25) is 0 Å². The van der Waals surface area contributed by atoms with Gasteiger partial charge in [0.15, 0.2) is 0 Å². The first-order valence-electron chi connectivity index (χ1n) is 9.20. The number of carbonyl (C=O) groups excluding carboxylic acids is 2. The molecular weight excluding hydrogens is 394 g/mol. The molecule has 0 unspecified atom stereocenters. The van der Waals surface area contributed by atoms with Crippen molar-refractivity contribution in [1.29, 1.82) is 0 Å². The Labute approximate surface area is 169 Å². The van der Waals surface area contributed by atoms with E-state index in [-0.39, 0.29) is 10.5 Å². The molecule has 2 aromatic carbocycles. The number of hydrogen-bond acceptors (Lipinski definition) is 5. The molecule has 1 aliphatic rings. The van der Waals surface area contributed by atoms with Crippen LogP contribution in [0.15, 0.2) is 53.4 Å². The van der Waals surface area contributed by atoms with Crippen molar-refractivity contribution in [3.63, 3.8) is 0 Å². The molecule has 9 heteroatoms. The first-order chi connectivity index (χ1) is 13.9. The molecule has 1 saturated heterocycles. The SMILES string of the molecule is COCc1ccc(C(=O)NNC(=O)c2ccc(S(=O)(=O)N3CCCC3)cc2)cc1. The number of methoxy groups -OCH3 is 1. The Morgan fingerprint density at radius 3 is 1.86 bits per heavy atom. The summed E-state index contributed by atoms with van der Waals surface area (Å²) in [5, 5.41) is 0. The van der Waals surface area contributed by atoms with Gasteiger partial charge in [-0.25, -0.2) is 8.42 Å². The lowest BCUT2D eigenvalue weighted by Crippen LogP contribution is -2.41. The molecule has 154 valence electrons. The zero-order valence-electron chi connectivity index (χ0n) is 16.1. The number of amides is 2. The molecule has 1 fully saturated rings. The maximum atomic E-state index is 12.5. The standard InChI is InChI=1S/C20H23N3O5S/c1-28-14-15-4-6-16(7-5-15)19(24)21-22-20(25)17-8-10-18(11-9-17)29(26,27)23-12-2-3-13-23/h4-11H,2-3,12-14H2,1H3,(H,21,24)(H,22,25). The zero-order valence-corrected chi connectivity index (χ0v) is 16.9. The molecule has 0 aliphatic carbocycles. The van der Waals surface area contributed by atoms with Gasteiger partial charge in [-0.15, -0.1) is 0 Å². The Hall–Kier alpha value is -2.75. The van der Waals surface area contributed by atoms with Crippen molar-refractivity contribution >= 4 is 21.8 Å². The van der Waals surface area contributed by atoms with Crippen LogP contribution in [0.3, 0.4) is 0 Å². The molecule has 0 spiro atoms. The van der Waals surface area contributed by atoms with E-state index in [0.29, 0.717) is 25.3 Å². The van der Waals surface area contributed by atoms with Gasteiger partial charge in [0.1, 0.15) is 0 Å². The highest BCUT2D eigenvalue weighted by Crippen LogP contribution is 2.21. The molecule has 0 saturated carbocycles. The maximum absolute atomic E-state index is 12.5. The minimum atomic E-state index is -3.53. The number of nitrogens with zero attached hydrogens (tertiary/aromatic N) is 1. The Morgan fingerprint density at radius 2 is 1.38 bits per heavy atom. The van der Waals surface area contributed by atoms with E-state index in [9.17, 15) is 18.0 Å². The van der Waals surface area contributed by atoms with Gasteiger partial charge in [-0.05, 0) is 54.8 Å². The van der Waals surface area contributed by atoms with Crippen molar-refractivity contribution in [2.75, 3.05) is 20.2 Å². The molecule has 0 atom stereocenters. The summed E-state index contributed by atoms with van der Waals surface area (Å²) in [5.41, 5.74) is 6.22. The lowest BCUT2D eigenvalue weighted by molar-refractivity contribution is 0.0846. The third-order valence-corrected chi connectivity index (χ3v) is 6.55. The van der Waals surface area contributed by atoms with Gasteiger partial charge in [0, 0.05) is 31.3 Å². The minimum absolute atomic E-state index is 0.149. The summed E-state index contributed by atoms with van der Waals surface area (Å²) >= 11 is 0. The summed E-state index contributed by atoms with van der Waals surface area (Å²) in [5.74, 6) is -1.00. The largest absolute Gasteiger partial charge is 0.380 e. The summed E-state index contributed by atoms with van der Waals surface area (Å²) in [7, 11) is -1.94. The molecule has 0 bridgehead atoms. The molecule has 0 aromatic heterocycles. The van der Waals surface area contributed by atoms with Crippen LogP contribution >= 0.6 is 0 Å². The van der Waals surface area contributed by atoms with Crippen LogP contribution in [-0.2, 0) is 21.4 Å². The number of ether oxygens (including phenoxy) is 1. The predicted molar refractivity (Wildman–Crippen MR) is 107 cm³/mol. The van der Waals surface area contributed by atoms with Crippen molar-refractivity contribution in [1.82, 2.24) is 15.2 Å². The van der Waals surface area contributed by atoms with E-state index < -0.39 is 21.8 Å². The van der Waals surface area contributed by atoms with Gasteiger partial charge in [-0.1, -0.05) is 12.1 Å². The number of nitrogens with one attached hydrogen (secondary N) is 2. The predicted octanol–water partition coefficient (Wildman–Crippen LogP) is 1.69. The molecule has 2 aromatic rings. The summed E-state index contributed by atoms with van der Waals surface area (Å²) in [4.78, 5) is 24.5. The minimum Gasteiger partial charge on any atom is -0.380 e. The van der Waals surface area contributed by atoms with Crippen molar-refractivity contribution in [2.24, 2.45) is 0 Å². The highest BCUT2D eigenvalue weighted by atomic mass is 32.2. The van der Waals surface area contributed by atoms with Crippen molar-refractivity contribution in [3.8, 4) is 0 Å². The van der Waals surface area contributed by atoms with Crippen LogP contribution in [-0.4, -0.2) is 44.7 Å². The topological polar surface area (TPSA) is 105 Å². The quantitative estimate of drug-likeness (QED) is 0.696. The Balaban J connectivity index is 1.58. The second-order valence-electron chi connectivity index (χ2n) is 6.67. The average molecular weight is 417 g/mol. The third-order valence-electron chi connectivity index (χ3n) is 4.64. The molecular formula is C20H23N3O5S. The van der Waals surface area contributed by atoms with Crippen molar-refractivity contribution < 1.29 is 22.7 Å². The fraction of sp³-hybridized carbons (Fsp3) is 0.300. The van der Waals surface area contributed by atoms with E-state index in [4.69, 9.17) is 4.74 Å². The Morgan fingerprint density at radius 1 is 0.897 bits per heavy atom. The van der Waals surface area contributed by atoms with E-state index in [1.807, 2.05) is 0 Å². The van der Waals surface area contributed by atoms with Gasteiger partial charge in [0.25, 0.3) is 11.8 Å². The molecule has 3 rings (SSSR count). The normalized spacial score (nSPS) is 14.5. The number of hydrazine groups is 1. The van der Waals surface area contributed by atoms with E-state index in [1.165, 1.54) is 28.6 Å². The number of sulfonamides is 1. The van der Waals surface area contributed by atoms with Crippen LogP contribution in [0.25, 0.3) is 0 Å². The second-order valence-corrected chi connectivity index (χ2v) is 8.61. The first-order valence-corrected chi connectivity index (χ1v) is 10.6. The van der Waals surface area contributed by atoms with Crippen LogP contribution < -0.4 is 10.9 Å². The molecule has 0 radical (unpaired) electrons. The van der Waals surface area contributed by atoms with E-state index >= 15 is 0 Å². The summed E-state index contributed by atoms with van der Waals surface area (Å²) in [6, 6.07) is 12.4. The third kappa shape index (κ3) is 5.00. The van der Waals surface area contributed by atoms with Gasteiger partial charge >= 0.3 is 0 Å². The van der Waals surface area contributed by atoms with Gasteiger partial charge < -0.3 is 4.74 Å². The van der Waals surface area contributed by atoms with Gasteiger partial charge in [0.05, 0.1) is 11.5 Å². The number of carbonyl (C=O) groups is 2. The summed E-state index contributed by atoms with van der Waals surface area (Å²) in [6.07, 6.45) is 1.71. The van der Waals surface area contributed by atoms with Crippen LogP contribution in [0, 0.1) is 0 Å². The van der Waals surface area contributed by atoms with Gasteiger partial charge in [-0.2, -0.15) is 4.31 Å². The van der Waals surface area contributed by atoms with Crippen molar-refractivity contribution in [3.05, 3.63) is 65.2 Å². The number of benzene rings is 2. The van der Waals surface area contributed by atoms with Crippen LogP contribution in [0.5, 0.6) is 0 Å². The molecule has 2 N–H and O–H groups in total. The van der Waals surface area contributed by atoms with Gasteiger partial charge in [-0.3, -0.25) is 20.4 Å². The van der Waals surface area contributed by atoms with Crippen molar-refractivity contribution in [2.45, 2.75) is 24.3 Å². The number of rotatable bonds is 6. The van der Waals surface area contributed by atoms with E-state index in [2.05, 4.69) is 10.9 Å².